The molecule has 0 radical (unpaired) electrons. The molecule has 0 aliphatic heterocycles. The lowest BCUT2D eigenvalue weighted by molar-refractivity contribution is -0.166. The van der Waals surface area contributed by atoms with Crippen molar-refractivity contribution in [2.45, 2.75) is 6.42 Å². The van der Waals surface area contributed by atoms with Gasteiger partial charge >= 0.3 is 11.9 Å². The molecule has 0 bridgehead atoms. The second-order valence-electron chi connectivity index (χ2n) is 2.43. The largest absolute Gasteiger partial charge is 0.481 e. The van der Waals surface area contributed by atoms with Gasteiger partial charge in [-0.1, -0.05) is 0 Å². The Labute approximate surface area is 61.6 Å². The van der Waals surface area contributed by atoms with E-state index in [9.17, 15) is 14.4 Å². The lowest BCUT2D eigenvalue weighted by Crippen LogP contribution is -2.46. The monoisotopic (exact) mass is 158 g/mol. The summed E-state index contributed by atoms with van der Waals surface area (Å²) in [5.41, 5.74) is 0. The first-order valence-corrected chi connectivity index (χ1v) is 3.02. The molecule has 1 rings (SSSR count). The van der Waals surface area contributed by atoms with Crippen molar-refractivity contribution < 1.29 is 24.6 Å². The maximum absolute atomic E-state index is 10.5. The first-order valence-electron chi connectivity index (χ1n) is 3.02. The van der Waals surface area contributed by atoms with E-state index in [1.807, 2.05) is 0 Å². The highest BCUT2D eigenvalue weighted by Gasteiger charge is 2.49. The molecule has 0 spiro atoms. The van der Waals surface area contributed by atoms with Crippen molar-refractivity contribution in [1.29, 1.82) is 0 Å². The second-order valence-corrected chi connectivity index (χ2v) is 2.43. The van der Waals surface area contributed by atoms with E-state index >= 15 is 0 Å². The van der Waals surface area contributed by atoms with E-state index in [4.69, 9.17) is 10.2 Å². The van der Waals surface area contributed by atoms with Gasteiger partial charge in [-0.2, -0.15) is 0 Å². The summed E-state index contributed by atoms with van der Waals surface area (Å²) in [7, 11) is 0. The fourth-order valence-electron chi connectivity index (χ4n) is 1.07. The number of hydrogen-bond donors (Lipinski definition) is 2. The van der Waals surface area contributed by atoms with E-state index < -0.39 is 29.6 Å². The third kappa shape index (κ3) is 1.09. The molecule has 2 atom stereocenters. The van der Waals surface area contributed by atoms with Gasteiger partial charge in [-0.15, -0.1) is 0 Å². The van der Waals surface area contributed by atoms with E-state index in [0.29, 0.717) is 0 Å². The average molecular weight is 158 g/mol. The number of carbonyl (C=O) groups is 3. The van der Waals surface area contributed by atoms with Gasteiger partial charge in [-0.05, 0) is 0 Å². The number of carboxylic acids is 2. The molecule has 0 aromatic rings. The van der Waals surface area contributed by atoms with Crippen molar-refractivity contribution in [3.8, 4) is 0 Å². The number of carbonyl (C=O) groups excluding carboxylic acids is 1. The quantitative estimate of drug-likeness (QED) is 0.521. The molecule has 0 aromatic heterocycles. The standard InChI is InChI=1S/C6H6O5/c7-3-1-2(5(8)9)4(3)6(10)11/h2,4H,1H2,(H,8,9)(H,10,11). The number of Topliss-reactive ketones (excluding diaryl/α,β-unsaturated/α-hetero) is 1. The summed E-state index contributed by atoms with van der Waals surface area (Å²) >= 11 is 0. The van der Waals surface area contributed by atoms with Crippen LogP contribution < -0.4 is 0 Å². The van der Waals surface area contributed by atoms with E-state index in [1.165, 1.54) is 0 Å². The molecular formula is C6H6O5. The first kappa shape index (κ1) is 7.71. The Bertz CT molecular complexity index is 223. The highest BCUT2D eigenvalue weighted by molar-refractivity contribution is 6.08. The zero-order chi connectivity index (χ0) is 8.59. The Morgan fingerprint density at radius 1 is 1.27 bits per heavy atom. The molecule has 2 N–H and O–H groups in total. The maximum Gasteiger partial charge on any atom is 0.314 e. The molecule has 5 nitrogen and oxygen atoms in total. The Morgan fingerprint density at radius 2 is 1.82 bits per heavy atom. The molecule has 60 valence electrons. The minimum Gasteiger partial charge on any atom is -0.481 e. The fourth-order valence-corrected chi connectivity index (χ4v) is 1.07. The second kappa shape index (κ2) is 2.34. The SMILES string of the molecule is O=C(O)C1CC(=O)C1C(=O)O. The highest BCUT2D eigenvalue weighted by atomic mass is 16.4. The Hall–Kier alpha value is -1.39. The van der Waals surface area contributed by atoms with Crippen molar-refractivity contribution in [2.24, 2.45) is 11.8 Å². The molecule has 0 heterocycles. The van der Waals surface area contributed by atoms with Crippen LogP contribution in [0.2, 0.25) is 0 Å². The molecular weight excluding hydrogens is 152 g/mol. The van der Waals surface area contributed by atoms with Gasteiger partial charge in [0.05, 0.1) is 5.92 Å². The van der Waals surface area contributed by atoms with Crippen LogP contribution in [-0.4, -0.2) is 27.9 Å². The van der Waals surface area contributed by atoms with E-state index in [2.05, 4.69) is 0 Å². The van der Waals surface area contributed by atoms with Gasteiger partial charge < -0.3 is 10.2 Å². The summed E-state index contributed by atoms with van der Waals surface area (Å²) in [5, 5.41) is 16.7. The fraction of sp³-hybridized carbons (Fsp3) is 0.500. The third-order valence-corrected chi connectivity index (χ3v) is 1.75. The molecule has 0 aromatic carbocycles. The lowest BCUT2D eigenvalue weighted by Gasteiger charge is -2.27. The molecule has 11 heavy (non-hydrogen) atoms. The van der Waals surface area contributed by atoms with Crippen molar-refractivity contribution in [3.63, 3.8) is 0 Å². The summed E-state index contributed by atoms with van der Waals surface area (Å²) in [6.07, 6.45) is -0.147. The molecule has 1 saturated carbocycles. The van der Waals surface area contributed by atoms with Crippen LogP contribution in [0.15, 0.2) is 0 Å². The molecule has 1 aliphatic rings. The number of hydrogen-bond acceptors (Lipinski definition) is 3. The zero-order valence-corrected chi connectivity index (χ0v) is 5.48. The van der Waals surface area contributed by atoms with Gasteiger partial charge in [0.1, 0.15) is 11.7 Å². The normalized spacial score (nSPS) is 29.3. The number of aliphatic carboxylic acids is 2. The zero-order valence-electron chi connectivity index (χ0n) is 5.48. The van der Waals surface area contributed by atoms with Crippen LogP contribution in [0.5, 0.6) is 0 Å². The van der Waals surface area contributed by atoms with Crippen molar-refractivity contribution in [1.82, 2.24) is 0 Å². The summed E-state index contributed by atoms with van der Waals surface area (Å²) in [6.45, 7) is 0. The minimum atomic E-state index is -1.34. The predicted octanol–water partition coefficient (Wildman–Crippen LogP) is -0.639. The minimum absolute atomic E-state index is 0.147. The summed E-state index contributed by atoms with van der Waals surface area (Å²) < 4.78 is 0. The molecule has 0 saturated heterocycles. The number of rotatable bonds is 2. The van der Waals surface area contributed by atoms with E-state index in [-0.39, 0.29) is 6.42 Å². The Balaban J connectivity index is 2.69. The molecule has 0 amide bonds. The molecule has 5 heteroatoms. The average Bonchev–Trinajstić information content (AvgIpc) is 1.80. The smallest absolute Gasteiger partial charge is 0.314 e. The van der Waals surface area contributed by atoms with Gasteiger partial charge in [-0.3, -0.25) is 14.4 Å². The van der Waals surface area contributed by atoms with Crippen molar-refractivity contribution >= 4 is 17.7 Å². The number of ketones is 1. The van der Waals surface area contributed by atoms with Crippen LogP contribution in [0.1, 0.15) is 6.42 Å². The van der Waals surface area contributed by atoms with Gasteiger partial charge in [-0.25, -0.2) is 0 Å². The predicted molar refractivity (Wildman–Crippen MR) is 31.9 cm³/mol. The van der Waals surface area contributed by atoms with Crippen LogP contribution in [0.4, 0.5) is 0 Å². The first-order chi connectivity index (χ1) is 5.04. The maximum atomic E-state index is 10.5. The highest BCUT2D eigenvalue weighted by Crippen LogP contribution is 2.30. The third-order valence-electron chi connectivity index (χ3n) is 1.75. The lowest BCUT2D eigenvalue weighted by atomic mass is 9.72. The Kier molecular flexibility index (Phi) is 1.64. The van der Waals surface area contributed by atoms with Crippen molar-refractivity contribution in [3.05, 3.63) is 0 Å². The van der Waals surface area contributed by atoms with Crippen LogP contribution in [0.25, 0.3) is 0 Å². The number of carboxylic acid groups (broad SMARTS) is 2. The van der Waals surface area contributed by atoms with Crippen LogP contribution in [0, 0.1) is 11.8 Å². The summed E-state index contributed by atoms with van der Waals surface area (Å²) in [4.78, 5) is 31.0. The topological polar surface area (TPSA) is 91.7 Å². The van der Waals surface area contributed by atoms with Crippen LogP contribution in [0.3, 0.4) is 0 Å². The summed E-state index contributed by atoms with van der Waals surface area (Å²) in [6, 6.07) is 0. The van der Waals surface area contributed by atoms with Gasteiger partial charge in [0.2, 0.25) is 0 Å². The molecule has 2 unspecified atom stereocenters. The van der Waals surface area contributed by atoms with E-state index in [1.54, 1.807) is 0 Å². The van der Waals surface area contributed by atoms with Gasteiger partial charge in [0, 0.05) is 6.42 Å². The van der Waals surface area contributed by atoms with Crippen molar-refractivity contribution in [2.75, 3.05) is 0 Å². The van der Waals surface area contributed by atoms with Crippen LogP contribution in [-0.2, 0) is 14.4 Å². The Morgan fingerprint density at radius 3 is 2.00 bits per heavy atom. The molecule has 1 aliphatic carbocycles. The summed E-state index contributed by atoms with van der Waals surface area (Å²) in [5.74, 6) is -5.37. The van der Waals surface area contributed by atoms with Crippen LogP contribution >= 0.6 is 0 Å². The van der Waals surface area contributed by atoms with Gasteiger partial charge in [0.25, 0.3) is 0 Å². The van der Waals surface area contributed by atoms with E-state index in [0.717, 1.165) is 0 Å². The van der Waals surface area contributed by atoms with Gasteiger partial charge in [0.15, 0.2) is 0 Å². The molecule has 1 fully saturated rings.